The molecule has 0 rings (SSSR count). The Labute approximate surface area is 39.4 Å². The molecule has 0 aliphatic rings. The second-order valence-corrected chi connectivity index (χ2v) is 0.603. The van der Waals surface area contributed by atoms with E-state index in [2.05, 4.69) is 15.9 Å². The zero-order chi connectivity index (χ0) is 7.00. The van der Waals surface area contributed by atoms with Crippen molar-refractivity contribution < 1.29 is 10.6 Å². The van der Waals surface area contributed by atoms with Crippen LogP contribution in [0, 0.1) is 0 Å². The summed E-state index contributed by atoms with van der Waals surface area (Å²) in [4.78, 5) is 0. The highest BCUT2D eigenvalue weighted by atomic mass is 79.9. The summed E-state index contributed by atoms with van der Waals surface area (Å²) in [5.41, 5.74) is 0. The van der Waals surface area contributed by atoms with Crippen molar-refractivity contribution in [2.75, 3.05) is 11.8 Å². The number of hydrogen-bond acceptors (Lipinski definition) is 1. The molecule has 0 aliphatic heterocycles. The molecular weight excluding hydrogens is 122 g/mol. The molecule has 0 heterocycles. The average Bonchev–Trinajstić information content (AvgIpc) is 1.25. The quantitative estimate of drug-likeness (QED) is 0.402. The van der Waals surface area contributed by atoms with Gasteiger partial charge < -0.3 is 5.11 Å². The van der Waals surface area contributed by atoms with E-state index in [4.69, 9.17) is 10.6 Å². The lowest BCUT2D eigenvalue weighted by atomic mass is 11.9. The Balaban J connectivity index is 4.02. The summed E-state index contributed by atoms with van der Waals surface area (Å²) in [5.74, 6) is 0. The van der Waals surface area contributed by atoms with E-state index in [-0.39, 0.29) is 0 Å². The topological polar surface area (TPSA) is 20.2 Å². The predicted octanol–water partition coefficient (Wildman–Crippen LogP) is 0.374. The molecule has 0 fully saturated rings. The Morgan fingerprint density at radius 1 is 2.25 bits per heavy atom. The lowest BCUT2D eigenvalue weighted by molar-refractivity contribution is 0.324. The fourth-order valence-corrected chi connectivity index (χ4v) is 0. The third-order valence-electron chi connectivity index (χ3n) is 0.0423. The highest BCUT2D eigenvalue weighted by Crippen LogP contribution is 1.69. The van der Waals surface area contributed by atoms with Crippen molar-refractivity contribution in [1.82, 2.24) is 0 Å². The summed E-state index contributed by atoms with van der Waals surface area (Å²) >= 11 is 2.31. The molecule has 0 radical (unpaired) electrons. The highest BCUT2D eigenvalue weighted by Gasteiger charge is 1.59. The molecule has 1 N–H and O–H groups in total. The monoisotopic (exact) mass is 130 g/mol. The van der Waals surface area contributed by atoms with E-state index in [0.29, 0.717) is 0 Å². The number of rotatable bonds is 1. The number of hydrogen-bond donors (Lipinski definition) is 1. The largest absolute Gasteiger partial charge is 0.396 e. The van der Waals surface area contributed by atoms with Crippen molar-refractivity contribution in [2.45, 2.75) is 0 Å². The molecule has 0 saturated carbocycles. The molecule has 4 heavy (non-hydrogen) atoms. The Bertz CT molecular complexity index is 69.0. The summed E-state index contributed by atoms with van der Waals surface area (Å²) < 4.78 is 25.9. The maximum Gasteiger partial charge on any atom is 0.0572 e. The normalized spacial score (nSPS) is 29.5. The summed E-state index contributed by atoms with van der Waals surface area (Å²) in [6.45, 7) is -2.81. The second kappa shape index (κ2) is 3.44. The minimum atomic E-state index is -2.81. The van der Waals surface area contributed by atoms with Gasteiger partial charge in [0.2, 0.25) is 0 Å². The van der Waals surface area contributed by atoms with Crippen LogP contribution in [0.3, 0.4) is 0 Å². The summed E-state index contributed by atoms with van der Waals surface area (Å²) in [6.07, 6.45) is 0. The van der Waals surface area contributed by atoms with Crippen molar-refractivity contribution in [3.8, 4) is 0 Å². The molecule has 0 bridgehead atoms. The fourth-order valence-electron chi connectivity index (χ4n) is 0. The van der Waals surface area contributed by atoms with Crippen LogP contribution in [0.15, 0.2) is 0 Å². The van der Waals surface area contributed by atoms with Crippen LogP contribution in [-0.2, 0) is 0 Å². The molecule has 0 aromatic rings. The highest BCUT2D eigenvalue weighted by molar-refractivity contribution is 9.09. The van der Waals surface area contributed by atoms with Crippen LogP contribution in [0.25, 0.3) is 0 Å². The van der Waals surface area contributed by atoms with Gasteiger partial charge in [0.15, 0.2) is 0 Å². The predicted molar refractivity (Wildman–Crippen MR) is 20.9 cm³/mol. The molecule has 26 valence electrons. The van der Waals surface area contributed by atoms with Gasteiger partial charge in [-0.05, 0) is 0 Å². The number of aliphatic hydroxyl groups is 1. The Morgan fingerprint density at radius 2 is 2.50 bits per heavy atom. The first-order chi connectivity index (χ1) is 3.25. The molecule has 0 aliphatic carbocycles. The van der Waals surface area contributed by atoms with Gasteiger partial charge in [0.05, 0.1) is 9.30 Å². The van der Waals surface area contributed by atoms with Gasteiger partial charge in [-0.1, -0.05) is 15.9 Å². The Kier molecular flexibility index (Phi) is 0.816. The van der Waals surface area contributed by atoms with Gasteiger partial charge in [0.25, 0.3) is 0 Å². The number of alkyl halides is 1. The molecule has 0 atom stereocenters. The lowest BCUT2D eigenvalue weighted by Gasteiger charge is -1.67. The van der Waals surface area contributed by atoms with Crippen LogP contribution in [-0.4, -0.2) is 16.9 Å². The molecule has 0 saturated heterocycles. The molecular formula is C2H5BrO. The smallest absolute Gasteiger partial charge is 0.0572 e. The minimum Gasteiger partial charge on any atom is -0.396 e. The van der Waals surface area contributed by atoms with Crippen molar-refractivity contribution in [3.05, 3.63) is 0 Å². The maximum absolute atomic E-state index is 8.27. The van der Waals surface area contributed by atoms with Crippen molar-refractivity contribution in [1.29, 1.82) is 0 Å². The molecule has 0 spiro atoms. The van der Waals surface area contributed by atoms with Gasteiger partial charge in [0.1, 0.15) is 0 Å². The van der Waals surface area contributed by atoms with Gasteiger partial charge >= 0.3 is 0 Å². The van der Waals surface area contributed by atoms with E-state index in [0.717, 1.165) is 0 Å². The van der Waals surface area contributed by atoms with Crippen LogP contribution >= 0.6 is 15.9 Å². The zero-order valence-corrected chi connectivity index (χ0v) is 3.41. The molecule has 2 heteroatoms. The van der Waals surface area contributed by atoms with Crippen LogP contribution in [0.2, 0.25) is 0 Å². The SMILES string of the molecule is [2H][13C]([2H])(O)[13C]([2H])([2H])Br. The van der Waals surface area contributed by atoms with E-state index in [1.165, 1.54) is 0 Å². The summed E-state index contributed by atoms with van der Waals surface area (Å²) in [6, 6.07) is 0. The van der Waals surface area contributed by atoms with E-state index < -0.39 is 11.8 Å². The minimum absolute atomic E-state index is 2.31. The van der Waals surface area contributed by atoms with E-state index in [9.17, 15) is 0 Å². The standard InChI is InChI=1S/C2H5BrO/c3-1-2-4/h4H,1-2H2/i1+1D2,2+1D2. The Hall–Kier alpha value is 0.440. The number of halogens is 1. The summed E-state index contributed by atoms with van der Waals surface area (Å²) in [7, 11) is 0. The first kappa shape index (κ1) is 0.949. The molecule has 1 nitrogen and oxygen atoms in total. The van der Waals surface area contributed by atoms with E-state index in [1.807, 2.05) is 0 Å². The lowest BCUT2D eigenvalue weighted by Crippen LogP contribution is -1.75. The van der Waals surface area contributed by atoms with Crippen LogP contribution in [0.1, 0.15) is 5.48 Å². The fraction of sp³-hybridized carbons (Fsp3) is 1.00. The van der Waals surface area contributed by atoms with Crippen molar-refractivity contribution in [2.24, 2.45) is 0 Å². The van der Waals surface area contributed by atoms with Crippen LogP contribution in [0.5, 0.6) is 0 Å². The third kappa shape index (κ3) is 2.44. The van der Waals surface area contributed by atoms with Crippen molar-refractivity contribution in [3.63, 3.8) is 0 Å². The van der Waals surface area contributed by atoms with Gasteiger partial charge in [-0.3, -0.25) is 0 Å². The molecule has 0 aromatic carbocycles. The maximum atomic E-state index is 8.27. The van der Waals surface area contributed by atoms with Crippen LogP contribution in [0.4, 0.5) is 0 Å². The van der Waals surface area contributed by atoms with Gasteiger partial charge in [-0.25, -0.2) is 0 Å². The van der Waals surface area contributed by atoms with E-state index in [1.54, 1.807) is 0 Å². The molecule has 0 aromatic heterocycles. The summed E-state index contributed by atoms with van der Waals surface area (Å²) in [5, 5.41) is 5.90. The van der Waals surface area contributed by atoms with Gasteiger partial charge in [-0.15, -0.1) is 0 Å². The molecule has 0 unspecified atom stereocenters. The first-order valence-corrected chi connectivity index (χ1v) is 1.46. The van der Waals surface area contributed by atoms with Crippen LogP contribution < -0.4 is 0 Å². The second-order valence-electron chi connectivity index (χ2n) is 0.206. The van der Waals surface area contributed by atoms with Gasteiger partial charge in [-0.2, -0.15) is 0 Å². The third-order valence-corrected chi connectivity index (χ3v) is 0.220. The van der Waals surface area contributed by atoms with E-state index >= 15 is 0 Å². The molecule has 0 amide bonds. The Morgan fingerprint density at radius 3 is 2.50 bits per heavy atom. The van der Waals surface area contributed by atoms with Gasteiger partial charge in [0, 0.05) is 8.02 Å². The first-order valence-electron chi connectivity index (χ1n) is 2.66. The average molecular weight is 131 g/mol. The van der Waals surface area contributed by atoms with Crippen molar-refractivity contribution >= 4 is 15.9 Å². The zero-order valence-electron chi connectivity index (χ0n) is 5.83.